The molecule has 1 heterocycles. The summed E-state index contributed by atoms with van der Waals surface area (Å²) >= 11 is 0. The van der Waals surface area contributed by atoms with E-state index in [1.807, 2.05) is 0 Å². The first-order valence-corrected chi connectivity index (χ1v) is 25.1. The molecular weight excluding hydrogens is 869 g/mol. The van der Waals surface area contributed by atoms with Crippen LogP contribution in [0.4, 0.5) is 0 Å². The standard InChI is InChI=1S/C70H48N2/c1-69(2)61-34-18-31-52(65(61)59-41-40-45-20-12-13-27-53(45)67(59)69)47-38-36-46(37-39-47)51-42-43-56(55-29-15-14-28-54(51)55)63-44-64(72-68(71-63)48-21-6-3-7-22-48)58-32-19-35-62-66(58)57-30-16-17-33-60(57)70(62,49-23-8-4-9-24-49)50-25-10-5-11-26-50/h3-44H,1-2H3. The molecule has 2 heteroatoms. The Morgan fingerprint density at radius 3 is 1.50 bits per heavy atom. The molecule has 0 spiro atoms. The van der Waals surface area contributed by atoms with Crippen LogP contribution in [0.2, 0.25) is 0 Å². The number of rotatable bonds is 7. The van der Waals surface area contributed by atoms with Crippen molar-refractivity contribution in [3.63, 3.8) is 0 Å². The monoisotopic (exact) mass is 916 g/mol. The van der Waals surface area contributed by atoms with E-state index in [9.17, 15) is 0 Å². The van der Waals surface area contributed by atoms with Gasteiger partial charge in [-0.1, -0.05) is 263 Å². The fraction of sp³-hybridized carbons (Fsp3) is 0.0571. The molecule has 0 saturated carbocycles. The average Bonchev–Trinajstić information content (AvgIpc) is 3.89. The maximum absolute atomic E-state index is 5.47. The Bertz CT molecular complexity index is 4060. The zero-order valence-corrected chi connectivity index (χ0v) is 40.1. The molecule has 0 N–H and O–H groups in total. The maximum Gasteiger partial charge on any atom is 0.160 e. The van der Waals surface area contributed by atoms with Gasteiger partial charge >= 0.3 is 0 Å². The van der Waals surface area contributed by atoms with Crippen LogP contribution in [0, 0.1) is 0 Å². The van der Waals surface area contributed by atoms with E-state index in [1.165, 1.54) is 94.0 Å². The van der Waals surface area contributed by atoms with Gasteiger partial charge in [0.2, 0.25) is 0 Å². The van der Waals surface area contributed by atoms with Gasteiger partial charge in [-0.05, 0) is 105 Å². The fourth-order valence-electron chi connectivity index (χ4n) is 12.6. The highest BCUT2D eigenvalue weighted by Crippen LogP contribution is 2.59. The van der Waals surface area contributed by atoms with Crippen molar-refractivity contribution >= 4 is 21.5 Å². The molecule has 2 nitrogen and oxygen atoms in total. The number of benzene rings is 11. The Labute approximate surface area is 420 Å². The lowest BCUT2D eigenvalue weighted by Gasteiger charge is -2.33. The van der Waals surface area contributed by atoms with Gasteiger partial charge < -0.3 is 0 Å². The van der Waals surface area contributed by atoms with Gasteiger partial charge in [-0.2, -0.15) is 0 Å². The van der Waals surface area contributed by atoms with Crippen molar-refractivity contribution in [3.8, 4) is 78.4 Å². The van der Waals surface area contributed by atoms with E-state index >= 15 is 0 Å². The number of nitrogens with zero attached hydrogens (tertiary/aromatic N) is 2. The third kappa shape index (κ3) is 6.22. The predicted molar refractivity (Wildman–Crippen MR) is 299 cm³/mol. The van der Waals surface area contributed by atoms with Gasteiger partial charge in [-0.15, -0.1) is 0 Å². The van der Waals surface area contributed by atoms with Crippen LogP contribution in [-0.4, -0.2) is 9.97 Å². The molecule has 0 bridgehead atoms. The Morgan fingerprint density at radius 1 is 0.306 bits per heavy atom. The largest absolute Gasteiger partial charge is 0.228 e. The lowest BCUT2D eigenvalue weighted by atomic mass is 9.67. The minimum absolute atomic E-state index is 0.113. The number of aromatic nitrogens is 2. The SMILES string of the molecule is CC1(C)c2cccc(-c3ccc(-c4ccc(-c5cc(-c6cccc7c6-c6ccccc6C7(c6ccccc6)c6ccccc6)nc(-c6ccccc6)n5)c5ccccc45)cc3)c2-c2ccc3ccccc3c21. The van der Waals surface area contributed by atoms with Crippen molar-refractivity contribution in [1.82, 2.24) is 9.97 Å². The highest BCUT2D eigenvalue weighted by atomic mass is 14.9. The highest BCUT2D eigenvalue weighted by molar-refractivity contribution is 6.06. The van der Waals surface area contributed by atoms with Gasteiger partial charge in [0.1, 0.15) is 0 Å². The molecular formula is C70H48N2. The Morgan fingerprint density at radius 2 is 0.792 bits per heavy atom. The quantitative estimate of drug-likeness (QED) is 0.159. The first kappa shape index (κ1) is 41.9. The van der Waals surface area contributed by atoms with E-state index in [1.54, 1.807) is 0 Å². The van der Waals surface area contributed by atoms with Crippen LogP contribution in [-0.2, 0) is 10.8 Å². The van der Waals surface area contributed by atoms with E-state index in [0.717, 1.165) is 33.5 Å². The summed E-state index contributed by atoms with van der Waals surface area (Å²) in [6, 6.07) is 93.2. The molecule has 72 heavy (non-hydrogen) atoms. The summed E-state index contributed by atoms with van der Waals surface area (Å²) in [4.78, 5) is 10.9. The molecule has 12 aromatic rings. The Kier molecular flexibility index (Phi) is 9.50. The van der Waals surface area contributed by atoms with Crippen LogP contribution < -0.4 is 0 Å². The third-order valence-electron chi connectivity index (χ3n) is 15.8. The molecule has 2 aliphatic carbocycles. The van der Waals surface area contributed by atoms with E-state index < -0.39 is 5.41 Å². The van der Waals surface area contributed by atoms with Crippen LogP contribution in [0.1, 0.15) is 47.2 Å². The van der Waals surface area contributed by atoms with Crippen molar-refractivity contribution in [3.05, 3.63) is 288 Å². The molecule has 11 aromatic carbocycles. The summed E-state index contributed by atoms with van der Waals surface area (Å²) in [5, 5.41) is 4.95. The Hall–Kier alpha value is -8.98. The predicted octanol–water partition coefficient (Wildman–Crippen LogP) is 17.8. The van der Waals surface area contributed by atoms with Crippen LogP contribution in [0.5, 0.6) is 0 Å². The number of hydrogen-bond acceptors (Lipinski definition) is 2. The second kappa shape index (κ2) is 16.3. The lowest BCUT2D eigenvalue weighted by molar-refractivity contribution is 0.666. The van der Waals surface area contributed by atoms with Gasteiger partial charge in [0.05, 0.1) is 16.8 Å². The molecule has 338 valence electrons. The van der Waals surface area contributed by atoms with Crippen LogP contribution in [0.15, 0.2) is 255 Å². The summed E-state index contributed by atoms with van der Waals surface area (Å²) in [6.45, 7) is 4.76. The number of fused-ring (bicyclic) bond motifs is 9. The zero-order chi connectivity index (χ0) is 48.0. The van der Waals surface area contributed by atoms with Crippen LogP contribution >= 0.6 is 0 Å². The maximum atomic E-state index is 5.47. The van der Waals surface area contributed by atoms with E-state index in [-0.39, 0.29) is 5.41 Å². The number of hydrogen-bond donors (Lipinski definition) is 0. The van der Waals surface area contributed by atoms with E-state index in [4.69, 9.17) is 9.97 Å². The second-order valence-electron chi connectivity index (χ2n) is 19.9. The molecule has 0 radical (unpaired) electrons. The zero-order valence-electron chi connectivity index (χ0n) is 40.1. The molecule has 0 aliphatic heterocycles. The summed E-state index contributed by atoms with van der Waals surface area (Å²) in [6.07, 6.45) is 0. The molecule has 2 aliphatic rings. The van der Waals surface area contributed by atoms with Gasteiger partial charge in [0.25, 0.3) is 0 Å². The van der Waals surface area contributed by atoms with Crippen molar-refractivity contribution in [1.29, 1.82) is 0 Å². The van der Waals surface area contributed by atoms with Gasteiger partial charge in [0, 0.05) is 22.1 Å². The van der Waals surface area contributed by atoms with Crippen LogP contribution in [0.3, 0.4) is 0 Å². The summed E-state index contributed by atoms with van der Waals surface area (Å²) < 4.78 is 0. The highest BCUT2D eigenvalue weighted by Gasteiger charge is 2.47. The van der Waals surface area contributed by atoms with E-state index in [2.05, 4.69) is 269 Å². The molecule has 0 atom stereocenters. The minimum atomic E-state index is -0.522. The average molecular weight is 917 g/mol. The van der Waals surface area contributed by atoms with E-state index in [0.29, 0.717) is 5.82 Å². The van der Waals surface area contributed by atoms with Crippen LogP contribution in [0.25, 0.3) is 100.0 Å². The van der Waals surface area contributed by atoms with Crippen molar-refractivity contribution in [2.24, 2.45) is 0 Å². The van der Waals surface area contributed by atoms with Crippen molar-refractivity contribution in [2.45, 2.75) is 24.7 Å². The smallest absolute Gasteiger partial charge is 0.160 e. The Balaban J connectivity index is 0.909. The fourth-order valence-corrected chi connectivity index (χ4v) is 12.6. The molecule has 0 unspecified atom stereocenters. The van der Waals surface area contributed by atoms with Crippen molar-refractivity contribution < 1.29 is 0 Å². The first-order chi connectivity index (χ1) is 35.5. The first-order valence-electron chi connectivity index (χ1n) is 25.1. The second-order valence-corrected chi connectivity index (χ2v) is 19.9. The molecule has 0 saturated heterocycles. The van der Waals surface area contributed by atoms with Crippen molar-refractivity contribution in [2.75, 3.05) is 0 Å². The van der Waals surface area contributed by atoms with Gasteiger partial charge in [0.15, 0.2) is 5.82 Å². The normalized spacial score (nSPS) is 13.6. The van der Waals surface area contributed by atoms with Gasteiger partial charge in [-0.25, -0.2) is 9.97 Å². The molecule has 1 aromatic heterocycles. The van der Waals surface area contributed by atoms with Gasteiger partial charge in [-0.3, -0.25) is 0 Å². The summed E-state index contributed by atoms with van der Waals surface area (Å²) in [7, 11) is 0. The minimum Gasteiger partial charge on any atom is -0.228 e. The molecule has 0 fully saturated rings. The molecule has 0 amide bonds. The molecule has 14 rings (SSSR count). The third-order valence-corrected chi connectivity index (χ3v) is 15.8. The summed E-state index contributed by atoms with van der Waals surface area (Å²) in [5.41, 5.74) is 22.0. The summed E-state index contributed by atoms with van der Waals surface area (Å²) in [5.74, 6) is 0.694. The lowest BCUT2D eigenvalue weighted by Crippen LogP contribution is -2.28. The topological polar surface area (TPSA) is 25.8 Å².